The van der Waals surface area contributed by atoms with Gasteiger partial charge >= 0.3 is 6.18 Å². The summed E-state index contributed by atoms with van der Waals surface area (Å²) in [6, 6.07) is 4.36. The van der Waals surface area contributed by atoms with Crippen molar-refractivity contribution in [1.82, 2.24) is 10.2 Å². The third-order valence-electron chi connectivity index (χ3n) is 3.87. The summed E-state index contributed by atoms with van der Waals surface area (Å²) in [4.78, 5) is 2.01. The summed E-state index contributed by atoms with van der Waals surface area (Å²) in [5.74, 6) is -0.361. The minimum absolute atomic E-state index is 0. The van der Waals surface area contributed by atoms with Gasteiger partial charge in [0.25, 0.3) is 0 Å². The number of nitrogens with zero attached hydrogens (tertiary/aromatic N) is 1. The van der Waals surface area contributed by atoms with Gasteiger partial charge in [-0.2, -0.15) is 13.2 Å². The Balaban J connectivity index is 0.00000242. The fourth-order valence-electron chi connectivity index (χ4n) is 2.67. The van der Waals surface area contributed by atoms with Crippen molar-refractivity contribution in [3.8, 4) is 0 Å². The maximum absolute atomic E-state index is 13.7. The van der Waals surface area contributed by atoms with E-state index in [1.165, 1.54) is 6.07 Å². The van der Waals surface area contributed by atoms with E-state index in [0.29, 0.717) is 24.2 Å². The highest BCUT2D eigenvalue weighted by atomic mass is 35.5. The fourth-order valence-corrected chi connectivity index (χ4v) is 2.67. The molecule has 0 radical (unpaired) electrons. The van der Waals surface area contributed by atoms with Crippen LogP contribution in [0.15, 0.2) is 18.2 Å². The van der Waals surface area contributed by atoms with Gasteiger partial charge in [0.15, 0.2) is 0 Å². The lowest BCUT2D eigenvalue weighted by molar-refractivity contribution is -0.138. The molecule has 1 aromatic carbocycles. The molecular weight excluding hydrogens is 320 g/mol. The number of piperazine rings is 1. The Morgan fingerprint density at radius 2 is 1.86 bits per heavy atom. The van der Waals surface area contributed by atoms with Crippen LogP contribution in [0.25, 0.3) is 0 Å². The molecule has 1 fully saturated rings. The maximum atomic E-state index is 13.7. The van der Waals surface area contributed by atoms with Gasteiger partial charge in [-0.05, 0) is 30.5 Å². The van der Waals surface area contributed by atoms with Gasteiger partial charge in [-0.15, -0.1) is 12.4 Å². The smallest absolute Gasteiger partial charge is 0.314 e. The van der Waals surface area contributed by atoms with Crippen molar-refractivity contribution < 1.29 is 17.6 Å². The minimum Gasteiger partial charge on any atom is -0.314 e. The van der Waals surface area contributed by atoms with Crippen molar-refractivity contribution in [3.05, 3.63) is 35.1 Å². The highest BCUT2D eigenvalue weighted by Gasteiger charge is 2.31. The molecule has 0 saturated carbocycles. The first-order valence-electron chi connectivity index (χ1n) is 7.14. The van der Waals surface area contributed by atoms with Gasteiger partial charge in [-0.25, -0.2) is 4.39 Å². The number of rotatable bonds is 4. The third kappa shape index (κ3) is 5.41. The monoisotopic (exact) mass is 340 g/mol. The fraction of sp³-hybridized carbons (Fsp3) is 0.600. The summed E-state index contributed by atoms with van der Waals surface area (Å²) in [6.07, 6.45) is -5.07. The van der Waals surface area contributed by atoms with Crippen molar-refractivity contribution >= 4 is 12.4 Å². The van der Waals surface area contributed by atoms with Crippen molar-refractivity contribution in [2.24, 2.45) is 0 Å². The van der Waals surface area contributed by atoms with Crippen molar-refractivity contribution in [2.45, 2.75) is 32.0 Å². The highest BCUT2D eigenvalue weighted by molar-refractivity contribution is 5.85. The van der Waals surface area contributed by atoms with Crippen molar-refractivity contribution in [2.75, 3.05) is 26.2 Å². The summed E-state index contributed by atoms with van der Waals surface area (Å²) in [6.45, 7) is 4.50. The normalized spacial score (nSPS) is 17.9. The van der Waals surface area contributed by atoms with Crippen LogP contribution in [0.1, 0.15) is 30.0 Å². The van der Waals surface area contributed by atoms with Crippen LogP contribution in [0.4, 0.5) is 17.6 Å². The molecule has 1 aliphatic heterocycles. The molecule has 0 aliphatic carbocycles. The highest BCUT2D eigenvalue weighted by Crippen LogP contribution is 2.32. The Hall–Kier alpha value is -0.850. The predicted molar refractivity (Wildman–Crippen MR) is 80.9 cm³/mol. The van der Waals surface area contributed by atoms with Crippen LogP contribution < -0.4 is 5.32 Å². The summed E-state index contributed by atoms with van der Waals surface area (Å²) >= 11 is 0. The molecule has 2 nitrogen and oxygen atoms in total. The molecule has 1 aromatic rings. The molecule has 1 atom stereocenters. The van der Waals surface area contributed by atoms with Crippen LogP contribution in [-0.2, 0) is 0 Å². The van der Waals surface area contributed by atoms with Gasteiger partial charge in [-0.1, -0.05) is 12.1 Å². The number of nitrogens with one attached hydrogen (secondary N) is 1. The van der Waals surface area contributed by atoms with E-state index in [1.54, 1.807) is 19.1 Å². The number of halogens is 5. The molecule has 2 rings (SSSR count). The topological polar surface area (TPSA) is 15.3 Å². The molecule has 1 N–H and O–H groups in total. The summed E-state index contributed by atoms with van der Waals surface area (Å²) in [7, 11) is 0. The van der Waals surface area contributed by atoms with Gasteiger partial charge < -0.3 is 5.32 Å². The quantitative estimate of drug-likeness (QED) is 0.838. The number of alkyl halides is 3. The predicted octanol–water partition coefficient (Wildman–Crippen LogP) is 3.84. The number of hydrogen-bond acceptors (Lipinski definition) is 2. The van der Waals surface area contributed by atoms with E-state index in [1.807, 2.05) is 4.90 Å². The largest absolute Gasteiger partial charge is 0.389 e. The SMILES string of the molecule is Cc1ccc([C@@H](CCC(F)(F)F)N2CCNCC2)cc1F.Cl. The third-order valence-corrected chi connectivity index (χ3v) is 3.87. The lowest BCUT2D eigenvalue weighted by Crippen LogP contribution is -2.45. The van der Waals surface area contributed by atoms with Crippen LogP contribution in [0.5, 0.6) is 0 Å². The van der Waals surface area contributed by atoms with Crippen LogP contribution in [0, 0.1) is 12.7 Å². The number of aryl methyl sites for hydroxylation is 1. The molecule has 126 valence electrons. The van der Waals surface area contributed by atoms with E-state index in [4.69, 9.17) is 0 Å². The van der Waals surface area contributed by atoms with Gasteiger partial charge in [-0.3, -0.25) is 4.90 Å². The summed E-state index contributed by atoms with van der Waals surface area (Å²) < 4.78 is 51.3. The van der Waals surface area contributed by atoms with Crippen molar-refractivity contribution in [3.63, 3.8) is 0 Å². The van der Waals surface area contributed by atoms with E-state index in [9.17, 15) is 17.6 Å². The van der Waals surface area contributed by atoms with Crippen LogP contribution in [0.2, 0.25) is 0 Å². The molecule has 0 spiro atoms. The molecule has 0 unspecified atom stereocenters. The Morgan fingerprint density at radius 1 is 1.23 bits per heavy atom. The van der Waals surface area contributed by atoms with Gasteiger partial charge in [0.05, 0.1) is 0 Å². The molecule has 0 bridgehead atoms. The molecule has 1 saturated heterocycles. The Morgan fingerprint density at radius 3 is 2.41 bits per heavy atom. The average Bonchev–Trinajstić information content (AvgIpc) is 2.43. The average molecular weight is 341 g/mol. The standard InChI is InChI=1S/C15H20F4N2.ClH/c1-11-2-3-12(10-13(11)16)14(4-5-15(17,18)19)21-8-6-20-7-9-21;/h2-3,10,14,20H,4-9H2,1H3;1H/t14-;/m1./s1. The second kappa shape index (κ2) is 8.13. The van der Waals surface area contributed by atoms with Gasteiger partial charge in [0.1, 0.15) is 5.82 Å². The Labute approximate surface area is 134 Å². The van der Waals surface area contributed by atoms with Crippen LogP contribution >= 0.6 is 12.4 Å². The molecule has 0 aromatic heterocycles. The zero-order valence-corrected chi connectivity index (χ0v) is 13.2. The van der Waals surface area contributed by atoms with E-state index >= 15 is 0 Å². The Kier molecular flexibility index (Phi) is 7.09. The first kappa shape index (κ1) is 19.2. The summed E-state index contributed by atoms with van der Waals surface area (Å²) in [5, 5.41) is 3.18. The molecule has 0 amide bonds. The lowest BCUT2D eigenvalue weighted by Gasteiger charge is -2.35. The molecule has 1 heterocycles. The van der Waals surface area contributed by atoms with Gasteiger partial charge in [0.2, 0.25) is 0 Å². The molecule has 7 heteroatoms. The zero-order valence-electron chi connectivity index (χ0n) is 12.4. The number of benzene rings is 1. The molecule has 22 heavy (non-hydrogen) atoms. The minimum atomic E-state index is -4.18. The van der Waals surface area contributed by atoms with E-state index in [-0.39, 0.29) is 30.7 Å². The first-order chi connectivity index (χ1) is 9.87. The van der Waals surface area contributed by atoms with Crippen LogP contribution in [-0.4, -0.2) is 37.3 Å². The van der Waals surface area contributed by atoms with E-state index in [2.05, 4.69) is 5.32 Å². The molecule has 1 aliphatic rings. The van der Waals surface area contributed by atoms with E-state index in [0.717, 1.165) is 13.1 Å². The summed E-state index contributed by atoms with van der Waals surface area (Å²) in [5.41, 5.74) is 1.14. The zero-order chi connectivity index (χ0) is 15.5. The second-order valence-electron chi connectivity index (χ2n) is 5.46. The van der Waals surface area contributed by atoms with E-state index < -0.39 is 12.6 Å². The maximum Gasteiger partial charge on any atom is 0.389 e. The van der Waals surface area contributed by atoms with Gasteiger partial charge in [0, 0.05) is 38.6 Å². The second-order valence-corrected chi connectivity index (χ2v) is 5.46. The first-order valence-corrected chi connectivity index (χ1v) is 7.14. The van der Waals surface area contributed by atoms with Crippen molar-refractivity contribution in [1.29, 1.82) is 0 Å². The Bertz CT molecular complexity index is 473. The van der Waals surface area contributed by atoms with Crippen LogP contribution in [0.3, 0.4) is 0 Å². The lowest BCUT2D eigenvalue weighted by atomic mass is 9.98. The number of hydrogen-bond donors (Lipinski definition) is 1. The molecular formula is C15H21ClF4N2.